The minimum absolute atomic E-state index is 0.206. The molecule has 178 valence electrons. The Bertz CT molecular complexity index is 1030. The molecular formula is C29H34N2O3. The smallest absolute Gasteiger partial charge is 0.407 e. The fourth-order valence-corrected chi connectivity index (χ4v) is 4.69. The van der Waals surface area contributed by atoms with Gasteiger partial charge in [0.2, 0.25) is 0 Å². The topological polar surface area (TPSA) is 53.0 Å². The lowest BCUT2D eigenvalue weighted by molar-refractivity contribution is 0.139. The second kappa shape index (κ2) is 11.7. The molecule has 5 nitrogen and oxygen atoms in total. The number of hydrogen-bond acceptors (Lipinski definition) is 3. The third kappa shape index (κ3) is 6.39. The van der Waals surface area contributed by atoms with E-state index in [-0.39, 0.29) is 6.10 Å². The lowest BCUT2D eigenvalue weighted by atomic mass is 9.88. The number of carbonyl (C=O) groups is 1. The zero-order valence-electron chi connectivity index (χ0n) is 19.8. The Kier molecular flexibility index (Phi) is 8.21. The van der Waals surface area contributed by atoms with Crippen molar-refractivity contribution >= 4 is 6.09 Å². The Labute approximate surface area is 202 Å². The number of piperidine rings is 1. The molecule has 5 heteroatoms. The van der Waals surface area contributed by atoms with Crippen LogP contribution in [0.2, 0.25) is 0 Å². The fourth-order valence-electron chi connectivity index (χ4n) is 4.69. The molecule has 1 fully saturated rings. The van der Waals surface area contributed by atoms with E-state index in [0.29, 0.717) is 18.9 Å². The molecule has 1 unspecified atom stereocenters. The van der Waals surface area contributed by atoms with Gasteiger partial charge in [0.25, 0.3) is 0 Å². The van der Waals surface area contributed by atoms with Gasteiger partial charge in [-0.1, -0.05) is 78.9 Å². The number of para-hydroxylation sites is 1. The third-order valence-electron chi connectivity index (χ3n) is 6.69. The molecule has 3 aromatic carbocycles. The molecule has 1 heterocycles. The van der Waals surface area contributed by atoms with Crippen LogP contribution in [0.4, 0.5) is 4.79 Å². The molecule has 1 atom stereocenters. The normalized spacial score (nSPS) is 15.6. The zero-order valence-corrected chi connectivity index (χ0v) is 19.8. The standard InChI is InChI=1S/C29H34N2O3/c1-30(29(32)33)19-18-27(25-12-6-3-7-13-25)34-28-15-9-8-14-26(28)24-16-20-31(21-17-24)22-23-10-4-2-5-11-23/h2-15,24,27H,16-22H2,1H3,(H,32,33). The van der Waals surface area contributed by atoms with Gasteiger partial charge in [0, 0.05) is 26.6 Å². The summed E-state index contributed by atoms with van der Waals surface area (Å²) in [5.41, 5.74) is 3.69. The van der Waals surface area contributed by atoms with Crippen LogP contribution in [0.15, 0.2) is 84.9 Å². The molecule has 0 aromatic heterocycles. The van der Waals surface area contributed by atoms with Gasteiger partial charge in [0.05, 0.1) is 0 Å². The molecule has 3 aromatic rings. The molecule has 0 saturated carbocycles. The van der Waals surface area contributed by atoms with E-state index in [1.54, 1.807) is 7.05 Å². The molecule has 1 amide bonds. The third-order valence-corrected chi connectivity index (χ3v) is 6.69. The number of nitrogens with zero attached hydrogens (tertiary/aromatic N) is 2. The average molecular weight is 459 g/mol. The Hall–Kier alpha value is -3.31. The Morgan fingerprint density at radius 1 is 0.971 bits per heavy atom. The quantitative estimate of drug-likeness (QED) is 0.416. The van der Waals surface area contributed by atoms with Crippen molar-refractivity contribution in [3.8, 4) is 5.75 Å². The molecule has 0 bridgehead atoms. The van der Waals surface area contributed by atoms with Crippen LogP contribution in [0.5, 0.6) is 5.75 Å². The Balaban J connectivity index is 1.44. The van der Waals surface area contributed by atoms with E-state index < -0.39 is 6.09 Å². The van der Waals surface area contributed by atoms with Crippen LogP contribution in [-0.4, -0.2) is 47.7 Å². The summed E-state index contributed by atoms with van der Waals surface area (Å²) in [5.74, 6) is 1.37. The van der Waals surface area contributed by atoms with Crippen molar-refractivity contribution in [3.63, 3.8) is 0 Å². The lowest BCUT2D eigenvalue weighted by Crippen LogP contribution is -2.32. The first-order valence-electron chi connectivity index (χ1n) is 12.1. The van der Waals surface area contributed by atoms with Crippen molar-refractivity contribution in [2.45, 2.75) is 37.8 Å². The lowest BCUT2D eigenvalue weighted by Gasteiger charge is -2.33. The molecule has 4 rings (SSSR count). The van der Waals surface area contributed by atoms with E-state index in [2.05, 4.69) is 65.6 Å². The number of benzene rings is 3. The van der Waals surface area contributed by atoms with Crippen LogP contribution in [0.1, 0.15) is 48.0 Å². The number of carboxylic acid groups (broad SMARTS) is 1. The van der Waals surface area contributed by atoms with Crippen molar-refractivity contribution in [1.82, 2.24) is 9.80 Å². The monoisotopic (exact) mass is 458 g/mol. The first-order chi connectivity index (χ1) is 16.6. The highest BCUT2D eigenvalue weighted by molar-refractivity contribution is 5.64. The highest BCUT2D eigenvalue weighted by Crippen LogP contribution is 2.37. The summed E-state index contributed by atoms with van der Waals surface area (Å²) < 4.78 is 6.60. The largest absolute Gasteiger partial charge is 0.485 e. The second-order valence-electron chi connectivity index (χ2n) is 9.08. The predicted octanol–water partition coefficient (Wildman–Crippen LogP) is 6.19. The number of amides is 1. The van der Waals surface area contributed by atoms with Gasteiger partial charge in [-0.05, 0) is 54.6 Å². The van der Waals surface area contributed by atoms with Crippen molar-refractivity contribution < 1.29 is 14.6 Å². The second-order valence-corrected chi connectivity index (χ2v) is 9.08. The average Bonchev–Trinajstić information content (AvgIpc) is 2.88. The van der Waals surface area contributed by atoms with Crippen LogP contribution in [0, 0.1) is 0 Å². The Morgan fingerprint density at radius 3 is 2.26 bits per heavy atom. The minimum atomic E-state index is -0.922. The van der Waals surface area contributed by atoms with E-state index in [4.69, 9.17) is 4.74 Å². The molecule has 0 aliphatic carbocycles. The SMILES string of the molecule is CN(CCC(Oc1ccccc1C1CCN(Cc2ccccc2)CC1)c1ccccc1)C(=O)O. The summed E-state index contributed by atoms with van der Waals surface area (Å²) >= 11 is 0. The van der Waals surface area contributed by atoms with Crippen LogP contribution >= 0.6 is 0 Å². The molecular weight excluding hydrogens is 424 g/mol. The van der Waals surface area contributed by atoms with Gasteiger partial charge in [-0.2, -0.15) is 0 Å². The first kappa shape index (κ1) is 23.8. The van der Waals surface area contributed by atoms with Crippen LogP contribution in [-0.2, 0) is 6.54 Å². The van der Waals surface area contributed by atoms with Crippen LogP contribution in [0.25, 0.3) is 0 Å². The molecule has 1 N–H and O–H groups in total. The molecule has 1 aliphatic heterocycles. The number of likely N-dealkylation sites (tertiary alicyclic amines) is 1. The molecule has 1 aliphatic rings. The summed E-state index contributed by atoms with van der Waals surface area (Å²) in [6.07, 6.45) is 1.67. The molecule has 34 heavy (non-hydrogen) atoms. The van der Waals surface area contributed by atoms with E-state index in [0.717, 1.165) is 43.8 Å². The molecule has 0 radical (unpaired) electrons. The van der Waals surface area contributed by atoms with Gasteiger partial charge >= 0.3 is 6.09 Å². The Morgan fingerprint density at radius 2 is 1.59 bits per heavy atom. The van der Waals surface area contributed by atoms with E-state index in [9.17, 15) is 9.90 Å². The van der Waals surface area contributed by atoms with Crippen molar-refractivity contribution in [1.29, 1.82) is 0 Å². The van der Waals surface area contributed by atoms with Gasteiger partial charge in [0.1, 0.15) is 11.9 Å². The summed E-state index contributed by atoms with van der Waals surface area (Å²) in [7, 11) is 1.60. The van der Waals surface area contributed by atoms with E-state index in [1.807, 2.05) is 24.3 Å². The first-order valence-corrected chi connectivity index (χ1v) is 12.1. The maximum Gasteiger partial charge on any atom is 0.407 e. The maximum atomic E-state index is 11.3. The van der Waals surface area contributed by atoms with Gasteiger partial charge in [-0.3, -0.25) is 4.90 Å². The zero-order chi connectivity index (χ0) is 23.8. The van der Waals surface area contributed by atoms with Crippen molar-refractivity contribution in [3.05, 3.63) is 102 Å². The van der Waals surface area contributed by atoms with Crippen LogP contribution in [0.3, 0.4) is 0 Å². The summed E-state index contributed by atoms with van der Waals surface area (Å²) in [6.45, 7) is 3.55. The van der Waals surface area contributed by atoms with E-state index >= 15 is 0 Å². The number of rotatable bonds is 9. The highest BCUT2D eigenvalue weighted by Gasteiger charge is 2.25. The maximum absolute atomic E-state index is 11.3. The van der Waals surface area contributed by atoms with Gasteiger partial charge in [0.15, 0.2) is 0 Å². The van der Waals surface area contributed by atoms with Crippen molar-refractivity contribution in [2.24, 2.45) is 0 Å². The molecule has 1 saturated heterocycles. The molecule has 0 spiro atoms. The van der Waals surface area contributed by atoms with Gasteiger partial charge in [-0.25, -0.2) is 4.79 Å². The fraction of sp³-hybridized carbons (Fsp3) is 0.345. The van der Waals surface area contributed by atoms with Crippen LogP contribution < -0.4 is 4.74 Å². The summed E-state index contributed by atoms with van der Waals surface area (Å²) in [5, 5.41) is 9.27. The number of ether oxygens (including phenoxy) is 1. The highest BCUT2D eigenvalue weighted by atomic mass is 16.5. The van der Waals surface area contributed by atoms with Crippen molar-refractivity contribution in [2.75, 3.05) is 26.7 Å². The van der Waals surface area contributed by atoms with Gasteiger partial charge < -0.3 is 14.7 Å². The summed E-state index contributed by atoms with van der Waals surface area (Å²) in [4.78, 5) is 15.1. The van der Waals surface area contributed by atoms with Gasteiger partial charge in [-0.15, -0.1) is 0 Å². The number of hydrogen-bond donors (Lipinski definition) is 1. The van der Waals surface area contributed by atoms with E-state index in [1.165, 1.54) is 16.0 Å². The minimum Gasteiger partial charge on any atom is -0.485 e. The predicted molar refractivity (Wildman–Crippen MR) is 135 cm³/mol. The summed E-state index contributed by atoms with van der Waals surface area (Å²) in [6, 6.07) is 29.1.